The lowest BCUT2D eigenvalue weighted by molar-refractivity contribution is -0.384. The molecule has 0 radical (unpaired) electrons. The molecule has 0 saturated heterocycles. The fourth-order valence-electron chi connectivity index (χ4n) is 1.78. The Bertz CT molecular complexity index is 644. The van der Waals surface area contributed by atoms with E-state index in [0.29, 0.717) is 11.5 Å². The fourth-order valence-corrected chi connectivity index (χ4v) is 2.01. The summed E-state index contributed by atoms with van der Waals surface area (Å²) in [5.74, 6) is 0.641. The van der Waals surface area contributed by atoms with Crippen LogP contribution in [0.25, 0.3) is 11.5 Å². The van der Waals surface area contributed by atoms with Crippen LogP contribution in [0.1, 0.15) is 32.2 Å². The highest BCUT2D eigenvalue weighted by atomic mass is 35.5. The van der Waals surface area contributed by atoms with Gasteiger partial charge >= 0.3 is 0 Å². The van der Waals surface area contributed by atoms with Gasteiger partial charge in [-0.2, -0.15) is 0 Å². The Morgan fingerprint density at radius 1 is 1.43 bits per heavy atom. The van der Waals surface area contributed by atoms with Crippen molar-refractivity contribution in [3.05, 3.63) is 39.2 Å². The maximum atomic E-state index is 10.8. The van der Waals surface area contributed by atoms with Crippen molar-refractivity contribution in [3.63, 3.8) is 0 Å². The SMILES string of the molecule is CCCNC(C)c1nnc(-c2cc(Cl)cc([N+](=O)[O-])c2)o1. The van der Waals surface area contributed by atoms with Crippen LogP contribution in [0.4, 0.5) is 5.69 Å². The predicted octanol–water partition coefficient (Wildman–Crippen LogP) is 3.36. The highest BCUT2D eigenvalue weighted by Gasteiger charge is 2.17. The standard InChI is InChI=1S/C13H15ClN4O3/c1-3-4-15-8(2)12-16-17-13(21-12)9-5-10(14)7-11(6-9)18(19)20/h5-8,15H,3-4H2,1-2H3. The molecular formula is C13H15ClN4O3. The number of benzene rings is 1. The van der Waals surface area contributed by atoms with Crippen molar-refractivity contribution in [1.29, 1.82) is 0 Å². The number of nitro groups is 1. The smallest absolute Gasteiger partial charge is 0.271 e. The van der Waals surface area contributed by atoms with Crippen LogP contribution in [0.15, 0.2) is 22.6 Å². The Balaban J connectivity index is 2.27. The average Bonchev–Trinajstić information content (AvgIpc) is 2.94. The van der Waals surface area contributed by atoms with Crippen molar-refractivity contribution in [1.82, 2.24) is 15.5 Å². The van der Waals surface area contributed by atoms with Crippen molar-refractivity contribution in [3.8, 4) is 11.5 Å². The Hall–Kier alpha value is -1.99. The largest absolute Gasteiger partial charge is 0.419 e. The van der Waals surface area contributed by atoms with Gasteiger partial charge in [0.05, 0.1) is 11.0 Å². The number of aromatic nitrogens is 2. The second-order valence-electron chi connectivity index (χ2n) is 4.58. The summed E-state index contributed by atoms with van der Waals surface area (Å²) in [6, 6.07) is 4.09. The molecule has 0 saturated carbocycles. The fraction of sp³-hybridized carbons (Fsp3) is 0.385. The molecule has 1 unspecified atom stereocenters. The molecule has 21 heavy (non-hydrogen) atoms. The minimum absolute atomic E-state index is 0.0830. The van der Waals surface area contributed by atoms with Crippen LogP contribution in [-0.4, -0.2) is 21.7 Å². The summed E-state index contributed by atoms with van der Waals surface area (Å²) in [7, 11) is 0. The number of hydrogen-bond donors (Lipinski definition) is 1. The first-order valence-corrected chi connectivity index (χ1v) is 6.91. The molecule has 0 fully saturated rings. The molecule has 0 aliphatic carbocycles. The van der Waals surface area contributed by atoms with Crippen LogP contribution in [0.5, 0.6) is 0 Å². The summed E-state index contributed by atoms with van der Waals surface area (Å²) < 4.78 is 5.55. The summed E-state index contributed by atoms with van der Waals surface area (Å²) in [6.45, 7) is 4.80. The molecule has 0 aliphatic heterocycles. The number of nitrogens with zero attached hydrogens (tertiary/aromatic N) is 3. The minimum Gasteiger partial charge on any atom is -0.419 e. The van der Waals surface area contributed by atoms with E-state index in [1.54, 1.807) is 6.07 Å². The number of nitrogens with one attached hydrogen (secondary N) is 1. The first kappa shape index (κ1) is 15.4. The Morgan fingerprint density at radius 2 is 2.19 bits per heavy atom. The number of non-ortho nitro benzene ring substituents is 1. The molecule has 1 atom stereocenters. The maximum Gasteiger partial charge on any atom is 0.271 e. The molecule has 1 heterocycles. The van der Waals surface area contributed by atoms with E-state index >= 15 is 0 Å². The number of hydrogen-bond acceptors (Lipinski definition) is 6. The van der Waals surface area contributed by atoms with Gasteiger partial charge < -0.3 is 9.73 Å². The van der Waals surface area contributed by atoms with Gasteiger partial charge in [0.25, 0.3) is 5.69 Å². The van der Waals surface area contributed by atoms with Gasteiger partial charge in [-0.25, -0.2) is 0 Å². The minimum atomic E-state index is -0.516. The third kappa shape index (κ3) is 3.77. The van der Waals surface area contributed by atoms with Crippen molar-refractivity contribution in [2.45, 2.75) is 26.3 Å². The van der Waals surface area contributed by atoms with Gasteiger partial charge in [-0.15, -0.1) is 10.2 Å². The number of rotatable bonds is 6. The molecule has 1 aromatic carbocycles. The molecule has 2 aromatic rings. The van der Waals surface area contributed by atoms with E-state index in [1.807, 2.05) is 6.92 Å². The second-order valence-corrected chi connectivity index (χ2v) is 5.01. The Labute approximate surface area is 126 Å². The highest BCUT2D eigenvalue weighted by Crippen LogP contribution is 2.28. The summed E-state index contributed by atoms with van der Waals surface area (Å²) >= 11 is 5.88. The molecule has 0 amide bonds. The van der Waals surface area contributed by atoms with Gasteiger partial charge in [0.1, 0.15) is 0 Å². The van der Waals surface area contributed by atoms with Gasteiger partial charge in [-0.05, 0) is 26.0 Å². The van der Waals surface area contributed by atoms with Crippen molar-refractivity contribution >= 4 is 17.3 Å². The van der Waals surface area contributed by atoms with Crippen LogP contribution >= 0.6 is 11.6 Å². The topological polar surface area (TPSA) is 94.1 Å². The molecular weight excluding hydrogens is 296 g/mol. The van der Waals surface area contributed by atoms with Crippen LogP contribution in [0.3, 0.4) is 0 Å². The van der Waals surface area contributed by atoms with Crippen molar-refractivity contribution in [2.24, 2.45) is 0 Å². The van der Waals surface area contributed by atoms with E-state index in [0.717, 1.165) is 13.0 Å². The number of nitro benzene ring substituents is 1. The van der Waals surface area contributed by atoms with E-state index in [4.69, 9.17) is 16.0 Å². The third-order valence-electron chi connectivity index (χ3n) is 2.85. The molecule has 7 nitrogen and oxygen atoms in total. The van der Waals surface area contributed by atoms with Crippen LogP contribution < -0.4 is 5.32 Å². The monoisotopic (exact) mass is 310 g/mol. The van der Waals surface area contributed by atoms with Gasteiger partial charge in [-0.1, -0.05) is 18.5 Å². The lowest BCUT2D eigenvalue weighted by Gasteiger charge is -2.07. The molecule has 1 aromatic heterocycles. The zero-order chi connectivity index (χ0) is 15.4. The van der Waals surface area contributed by atoms with Crippen molar-refractivity contribution in [2.75, 3.05) is 6.54 Å². The summed E-state index contributed by atoms with van der Waals surface area (Å²) in [5.41, 5.74) is 0.310. The summed E-state index contributed by atoms with van der Waals surface area (Å²) in [4.78, 5) is 10.3. The van der Waals surface area contributed by atoms with Crippen LogP contribution in [0, 0.1) is 10.1 Å². The normalized spacial score (nSPS) is 12.3. The first-order chi connectivity index (χ1) is 10.0. The van der Waals surface area contributed by atoms with E-state index in [1.165, 1.54) is 12.1 Å². The van der Waals surface area contributed by atoms with Gasteiger partial charge in [0.15, 0.2) is 0 Å². The Kier molecular flexibility index (Phi) is 4.87. The van der Waals surface area contributed by atoms with Gasteiger partial charge in [0, 0.05) is 22.7 Å². The molecule has 2 rings (SSSR count). The first-order valence-electron chi connectivity index (χ1n) is 6.53. The van der Waals surface area contributed by atoms with Crippen LogP contribution in [0.2, 0.25) is 5.02 Å². The zero-order valence-electron chi connectivity index (χ0n) is 11.7. The maximum absolute atomic E-state index is 10.8. The average molecular weight is 311 g/mol. The third-order valence-corrected chi connectivity index (χ3v) is 3.07. The van der Waals surface area contributed by atoms with Crippen LogP contribution in [-0.2, 0) is 0 Å². The molecule has 0 aliphatic rings. The number of halogens is 1. The van der Waals surface area contributed by atoms with Gasteiger partial charge in [0.2, 0.25) is 11.8 Å². The van der Waals surface area contributed by atoms with E-state index in [-0.39, 0.29) is 22.6 Å². The van der Waals surface area contributed by atoms with E-state index in [9.17, 15) is 10.1 Å². The molecule has 112 valence electrons. The van der Waals surface area contributed by atoms with Gasteiger partial charge in [-0.3, -0.25) is 10.1 Å². The lowest BCUT2D eigenvalue weighted by atomic mass is 10.2. The Morgan fingerprint density at radius 3 is 2.86 bits per heavy atom. The van der Waals surface area contributed by atoms with E-state index in [2.05, 4.69) is 22.4 Å². The van der Waals surface area contributed by atoms with E-state index < -0.39 is 4.92 Å². The van der Waals surface area contributed by atoms with Crippen molar-refractivity contribution < 1.29 is 9.34 Å². The molecule has 0 bridgehead atoms. The summed E-state index contributed by atoms with van der Waals surface area (Å²) in [6.07, 6.45) is 0.992. The second kappa shape index (κ2) is 6.64. The molecule has 0 spiro atoms. The zero-order valence-corrected chi connectivity index (χ0v) is 12.4. The lowest BCUT2D eigenvalue weighted by Crippen LogP contribution is -2.19. The summed E-state index contributed by atoms with van der Waals surface area (Å²) in [5, 5.41) is 22.2. The quantitative estimate of drug-likeness (QED) is 0.649. The predicted molar refractivity (Wildman–Crippen MR) is 78.1 cm³/mol. The molecule has 1 N–H and O–H groups in total. The highest BCUT2D eigenvalue weighted by molar-refractivity contribution is 6.31. The molecule has 8 heteroatoms.